The topological polar surface area (TPSA) is 34.4 Å². The molecule has 1 aromatic heterocycles. The molecule has 0 spiro atoms. The third-order valence-corrected chi connectivity index (χ3v) is 3.88. The van der Waals surface area contributed by atoms with Crippen LogP contribution < -0.4 is 4.74 Å². The molecule has 3 nitrogen and oxygen atoms in total. The number of hydrogen-bond acceptors (Lipinski definition) is 2. The van der Waals surface area contributed by atoms with E-state index in [-0.39, 0.29) is 5.75 Å². The summed E-state index contributed by atoms with van der Waals surface area (Å²) in [5.74, 6) is 0.687. The Bertz CT molecular complexity index is 802. The largest absolute Gasteiger partial charge is 0.504 e. The lowest BCUT2D eigenvalue weighted by Gasteiger charge is -2.08. The Kier molecular flexibility index (Phi) is 3.80. The van der Waals surface area contributed by atoms with Crippen LogP contribution in [0.2, 0.25) is 0 Å². The van der Waals surface area contributed by atoms with Crippen molar-refractivity contribution in [3.8, 4) is 11.5 Å². The highest BCUT2D eigenvalue weighted by atomic mass is 16.5. The van der Waals surface area contributed by atoms with Crippen molar-refractivity contribution in [2.45, 2.75) is 33.4 Å². The highest BCUT2D eigenvalue weighted by Crippen LogP contribution is 2.29. The van der Waals surface area contributed by atoms with E-state index in [4.69, 9.17) is 4.74 Å². The molecule has 114 valence electrons. The van der Waals surface area contributed by atoms with Crippen LogP contribution in [0.4, 0.5) is 0 Å². The van der Waals surface area contributed by atoms with Crippen molar-refractivity contribution < 1.29 is 9.84 Å². The molecule has 3 rings (SSSR count). The Balaban J connectivity index is 1.96. The second-order valence-electron chi connectivity index (χ2n) is 5.93. The van der Waals surface area contributed by atoms with Gasteiger partial charge in [-0.2, -0.15) is 0 Å². The van der Waals surface area contributed by atoms with Crippen molar-refractivity contribution >= 4 is 10.9 Å². The number of para-hydroxylation sites is 2. The molecule has 2 aromatic carbocycles. The first kappa shape index (κ1) is 14.5. The van der Waals surface area contributed by atoms with E-state index in [1.165, 1.54) is 16.5 Å². The number of aromatic hydroxyl groups is 1. The van der Waals surface area contributed by atoms with Crippen LogP contribution in [0.3, 0.4) is 0 Å². The molecule has 0 bridgehead atoms. The Morgan fingerprint density at radius 3 is 2.64 bits per heavy atom. The summed E-state index contributed by atoms with van der Waals surface area (Å²) in [5.41, 5.74) is 3.59. The van der Waals surface area contributed by atoms with Crippen molar-refractivity contribution in [3.63, 3.8) is 0 Å². The van der Waals surface area contributed by atoms with Crippen LogP contribution in [0.15, 0.2) is 48.7 Å². The van der Waals surface area contributed by atoms with Gasteiger partial charge in [0.15, 0.2) is 11.5 Å². The first-order valence-corrected chi connectivity index (χ1v) is 7.57. The minimum atomic E-state index is 0.172. The monoisotopic (exact) mass is 295 g/mol. The summed E-state index contributed by atoms with van der Waals surface area (Å²) < 4.78 is 8.06. The van der Waals surface area contributed by atoms with Crippen LogP contribution in [0.5, 0.6) is 11.5 Å². The van der Waals surface area contributed by atoms with Gasteiger partial charge < -0.3 is 14.4 Å². The zero-order valence-electron chi connectivity index (χ0n) is 13.2. The summed E-state index contributed by atoms with van der Waals surface area (Å²) in [7, 11) is 0. The molecular formula is C19H21NO2. The van der Waals surface area contributed by atoms with E-state index in [0.29, 0.717) is 18.4 Å². The van der Waals surface area contributed by atoms with Crippen LogP contribution in [0.1, 0.15) is 31.0 Å². The fraction of sp³-hybridized carbons (Fsp3) is 0.263. The van der Waals surface area contributed by atoms with E-state index < -0.39 is 0 Å². The molecule has 0 aliphatic rings. The van der Waals surface area contributed by atoms with E-state index in [1.54, 1.807) is 18.2 Å². The third-order valence-electron chi connectivity index (χ3n) is 3.88. The van der Waals surface area contributed by atoms with Crippen LogP contribution in [-0.2, 0) is 6.61 Å². The number of nitrogens with zero attached hydrogens (tertiary/aromatic N) is 1. The van der Waals surface area contributed by atoms with E-state index in [1.807, 2.05) is 6.07 Å². The van der Waals surface area contributed by atoms with Gasteiger partial charge in [0, 0.05) is 28.7 Å². The summed E-state index contributed by atoms with van der Waals surface area (Å²) in [4.78, 5) is 0. The summed E-state index contributed by atoms with van der Waals surface area (Å²) in [5, 5.41) is 11.0. The lowest BCUT2D eigenvalue weighted by Crippen LogP contribution is -1.98. The second kappa shape index (κ2) is 5.76. The summed E-state index contributed by atoms with van der Waals surface area (Å²) >= 11 is 0. The summed E-state index contributed by atoms with van der Waals surface area (Å²) in [6.45, 7) is 6.89. The Morgan fingerprint density at radius 1 is 1.14 bits per heavy atom. The highest BCUT2D eigenvalue weighted by Gasteiger charge is 2.12. The molecule has 0 unspecified atom stereocenters. The number of rotatable bonds is 4. The number of phenolic OH excluding ortho intramolecular Hbond substituents is 1. The van der Waals surface area contributed by atoms with E-state index in [0.717, 1.165) is 5.56 Å². The van der Waals surface area contributed by atoms with Gasteiger partial charge in [-0.15, -0.1) is 0 Å². The number of ether oxygens (including phenoxy) is 1. The Morgan fingerprint density at radius 2 is 1.91 bits per heavy atom. The molecule has 1 heterocycles. The molecule has 3 heteroatoms. The molecule has 0 amide bonds. The zero-order chi connectivity index (χ0) is 15.7. The van der Waals surface area contributed by atoms with E-state index >= 15 is 0 Å². The molecule has 0 fully saturated rings. The molecule has 0 atom stereocenters. The molecule has 3 aromatic rings. The minimum Gasteiger partial charge on any atom is -0.504 e. The minimum absolute atomic E-state index is 0.172. The number of phenols is 1. The SMILES string of the molecule is Cc1ccc2c(c1)c(COc1ccccc1O)cn2C(C)C. The van der Waals surface area contributed by atoms with Gasteiger partial charge in [-0.05, 0) is 45.0 Å². The summed E-state index contributed by atoms with van der Waals surface area (Å²) in [6, 6.07) is 13.9. The maximum atomic E-state index is 9.81. The predicted molar refractivity (Wildman–Crippen MR) is 89.5 cm³/mol. The molecule has 22 heavy (non-hydrogen) atoms. The van der Waals surface area contributed by atoms with Crippen LogP contribution in [0.25, 0.3) is 10.9 Å². The van der Waals surface area contributed by atoms with Gasteiger partial charge >= 0.3 is 0 Å². The van der Waals surface area contributed by atoms with Crippen LogP contribution in [0, 0.1) is 6.92 Å². The molecule has 1 N–H and O–H groups in total. The van der Waals surface area contributed by atoms with E-state index in [2.05, 4.69) is 49.7 Å². The zero-order valence-corrected chi connectivity index (χ0v) is 13.2. The quantitative estimate of drug-likeness (QED) is 0.749. The molecule has 0 aliphatic carbocycles. The van der Waals surface area contributed by atoms with Crippen molar-refractivity contribution in [3.05, 3.63) is 59.8 Å². The first-order valence-electron chi connectivity index (χ1n) is 7.57. The first-order chi connectivity index (χ1) is 10.6. The van der Waals surface area contributed by atoms with Gasteiger partial charge in [-0.3, -0.25) is 0 Å². The molecule has 0 radical (unpaired) electrons. The fourth-order valence-electron chi connectivity index (χ4n) is 2.72. The fourth-order valence-corrected chi connectivity index (χ4v) is 2.72. The van der Waals surface area contributed by atoms with Gasteiger partial charge in [0.25, 0.3) is 0 Å². The van der Waals surface area contributed by atoms with Crippen molar-refractivity contribution in [1.82, 2.24) is 4.57 Å². The van der Waals surface area contributed by atoms with Gasteiger partial charge in [-0.25, -0.2) is 0 Å². The van der Waals surface area contributed by atoms with Crippen LogP contribution >= 0.6 is 0 Å². The lowest BCUT2D eigenvalue weighted by atomic mass is 10.1. The molecule has 0 saturated carbocycles. The Hall–Kier alpha value is -2.42. The van der Waals surface area contributed by atoms with Gasteiger partial charge in [0.2, 0.25) is 0 Å². The molecular weight excluding hydrogens is 274 g/mol. The van der Waals surface area contributed by atoms with Gasteiger partial charge in [0.1, 0.15) is 6.61 Å². The van der Waals surface area contributed by atoms with E-state index in [9.17, 15) is 5.11 Å². The van der Waals surface area contributed by atoms with Crippen LogP contribution in [-0.4, -0.2) is 9.67 Å². The average Bonchev–Trinajstić information content (AvgIpc) is 2.84. The Labute approximate surface area is 130 Å². The lowest BCUT2D eigenvalue weighted by molar-refractivity contribution is 0.290. The maximum absolute atomic E-state index is 9.81. The van der Waals surface area contributed by atoms with Crippen molar-refractivity contribution in [2.24, 2.45) is 0 Å². The maximum Gasteiger partial charge on any atom is 0.161 e. The molecule has 0 aliphatic heterocycles. The molecule has 0 saturated heterocycles. The second-order valence-corrected chi connectivity index (χ2v) is 5.93. The van der Waals surface area contributed by atoms with Gasteiger partial charge in [-0.1, -0.05) is 23.8 Å². The number of aromatic nitrogens is 1. The standard InChI is InChI=1S/C19H21NO2/c1-13(2)20-11-15(16-10-14(3)8-9-17(16)20)12-22-19-7-5-4-6-18(19)21/h4-11,13,21H,12H2,1-3H3. The smallest absolute Gasteiger partial charge is 0.161 e. The van der Waals surface area contributed by atoms with Crippen molar-refractivity contribution in [1.29, 1.82) is 0 Å². The predicted octanol–water partition coefficient (Wildman–Crippen LogP) is 4.82. The van der Waals surface area contributed by atoms with Crippen molar-refractivity contribution in [2.75, 3.05) is 0 Å². The third kappa shape index (κ3) is 2.67. The number of hydrogen-bond donors (Lipinski definition) is 1. The normalized spacial score (nSPS) is 11.3. The number of aryl methyl sites for hydroxylation is 1. The number of fused-ring (bicyclic) bond motifs is 1. The van der Waals surface area contributed by atoms with Gasteiger partial charge in [0.05, 0.1) is 0 Å². The number of benzene rings is 2. The summed E-state index contributed by atoms with van der Waals surface area (Å²) in [6.07, 6.45) is 2.15. The average molecular weight is 295 g/mol. The highest BCUT2D eigenvalue weighted by molar-refractivity contribution is 5.84.